The smallest absolute Gasteiger partial charge is 0.273 e. The third-order valence-electron chi connectivity index (χ3n) is 7.68. The highest BCUT2D eigenvalue weighted by Gasteiger charge is 2.42. The molecule has 2 bridgehead atoms. The molecular formula is C22H34N4O2. The number of carbonyl (C=O) groups is 1. The number of amides is 1. The number of fused-ring (bicyclic) bond motifs is 2. The number of rotatable bonds is 6. The first-order chi connectivity index (χ1) is 13.7. The summed E-state index contributed by atoms with van der Waals surface area (Å²) in [5.41, 5.74) is 0.456. The van der Waals surface area contributed by atoms with E-state index in [1.165, 1.54) is 45.1 Å². The van der Waals surface area contributed by atoms with Crippen molar-refractivity contribution in [3.8, 4) is 0 Å². The van der Waals surface area contributed by atoms with Crippen LogP contribution >= 0.6 is 0 Å². The van der Waals surface area contributed by atoms with Crippen LogP contribution in [-0.4, -0.2) is 53.7 Å². The molecule has 1 aromatic rings. The van der Waals surface area contributed by atoms with Gasteiger partial charge in [0.2, 0.25) is 0 Å². The van der Waals surface area contributed by atoms with Crippen molar-refractivity contribution >= 4 is 5.91 Å². The fourth-order valence-corrected chi connectivity index (χ4v) is 5.84. The molecule has 154 valence electrons. The molecule has 0 radical (unpaired) electrons. The molecule has 6 nitrogen and oxygen atoms in total. The van der Waals surface area contributed by atoms with Gasteiger partial charge in [0, 0.05) is 42.7 Å². The summed E-state index contributed by atoms with van der Waals surface area (Å²) >= 11 is 0. The normalized spacial score (nSPS) is 35.8. The fourth-order valence-electron chi connectivity index (χ4n) is 5.84. The molecule has 1 amide bonds. The van der Waals surface area contributed by atoms with E-state index in [9.17, 15) is 4.79 Å². The summed E-state index contributed by atoms with van der Waals surface area (Å²) in [5, 5.41) is 10.7. The molecule has 28 heavy (non-hydrogen) atoms. The van der Waals surface area contributed by atoms with Gasteiger partial charge in [-0.05, 0) is 77.2 Å². The van der Waals surface area contributed by atoms with Crippen molar-refractivity contribution in [1.29, 1.82) is 0 Å². The van der Waals surface area contributed by atoms with Crippen LogP contribution in [-0.2, 0) is 0 Å². The van der Waals surface area contributed by atoms with Gasteiger partial charge in [-0.2, -0.15) is 0 Å². The highest BCUT2D eigenvalue weighted by Crippen LogP contribution is 2.40. The van der Waals surface area contributed by atoms with Gasteiger partial charge in [-0.1, -0.05) is 5.16 Å². The second-order valence-electron chi connectivity index (χ2n) is 9.62. The Morgan fingerprint density at radius 3 is 2.43 bits per heavy atom. The highest BCUT2D eigenvalue weighted by atomic mass is 16.5. The fraction of sp³-hybridized carbons (Fsp3) is 0.818. The molecule has 5 rings (SSSR count). The van der Waals surface area contributed by atoms with E-state index in [0.717, 1.165) is 43.4 Å². The lowest BCUT2D eigenvalue weighted by Crippen LogP contribution is -2.51. The van der Waals surface area contributed by atoms with Crippen LogP contribution in [0.4, 0.5) is 0 Å². The number of carbonyl (C=O) groups excluding carboxylic acids is 1. The van der Waals surface area contributed by atoms with E-state index < -0.39 is 0 Å². The highest BCUT2D eigenvalue weighted by molar-refractivity contribution is 5.92. The van der Waals surface area contributed by atoms with Crippen molar-refractivity contribution in [2.24, 2.45) is 5.92 Å². The molecule has 0 aromatic carbocycles. The van der Waals surface area contributed by atoms with Crippen LogP contribution in [0.25, 0.3) is 0 Å². The molecule has 2 aliphatic carbocycles. The molecule has 0 spiro atoms. The lowest BCUT2D eigenvalue weighted by atomic mass is 9.84. The second-order valence-corrected chi connectivity index (χ2v) is 9.62. The van der Waals surface area contributed by atoms with Crippen molar-refractivity contribution in [3.05, 3.63) is 17.5 Å². The Morgan fingerprint density at radius 1 is 1.07 bits per heavy atom. The van der Waals surface area contributed by atoms with Crippen LogP contribution in [0, 0.1) is 5.92 Å². The number of piperidine rings is 1. The third-order valence-corrected chi connectivity index (χ3v) is 7.68. The van der Waals surface area contributed by atoms with Gasteiger partial charge in [0.15, 0.2) is 5.69 Å². The van der Waals surface area contributed by atoms with Crippen LogP contribution in [0.3, 0.4) is 0 Å². The van der Waals surface area contributed by atoms with Crippen LogP contribution in [0.15, 0.2) is 10.6 Å². The molecule has 3 atom stereocenters. The number of aromatic nitrogens is 1. The van der Waals surface area contributed by atoms with Crippen LogP contribution in [0.2, 0.25) is 0 Å². The summed E-state index contributed by atoms with van der Waals surface area (Å²) in [4.78, 5) is 15.4. The van der Waals surface area contributed by atoms with E-state index in [1.54, 1.807) is 0 Å². The van der Waals surface area contributed by atoms with Gasteiger partial charge >= 0.3 is 0 Å². The monoisotopic (exact) mass is 386 g/mol. The standard InChI is InChI=1S/C22H34N4O2/c1-23-16-6-2-14(3-7-16)13-26-18-8-9-19(26)11-17(10-18)24-22(27)20-12-21(28-25-20)15-4-5-15/h12,14-19,23H,2-11,13H2,1H3,(H,24,27)/t14?,16?,17?,18-,19+. The van der Waals surface area contributed by atoms with Gasteiger partial charge in [-0.3, -0.25) is 9.69 Å². The summed E-state index contributed by atoms with van der Waals surface area (Å²) in [6.45, 7) is 1.26. The Balaban J connectivity index is 1.13. The van der Waals surface area contributed by atoms with Crippen LogP contribution < -0.4 is 10.6 Å². The van der Waals surface area contributed by atoms with Crippen LogP contribution in [0.1, 0.15) is 86.4 Å². The van der Waals surface area contributed by atoms with E-state index in [0.29, 0.717) is 23.7 Å². The molecule has 2 saturated heterocycles. The predicted octanol–water partition coefficient (Wildman–Crippen LogP) is 3.06. The maximum atomic E-state index is 12.6. The number of hydrogen-bond acceptors (Lipinski definition) is 5. The minimum absolute atomic E-state index is 0.0566. The Kier molecular flexibility index (Phi) is 5.18. The average Bonchev–Trinajstić information content (AvgIpc) is 3.39. The predicted molar refractivity (Wildman–Crippen MR) is 107 cm³/mol. The van der Waals surface area contributed by atoms with Crippen molar-refractivity contribution in [1.82, 2.24) is 20.7 Å². The summed E-state index contributed by atoms with van der Waals surface area (Å²) in [5.74, 6) is 2.18. The topological polar surface area (TPSA) is 70.4 Å². The maximum absolute atomic E-state index is 12.6. The van der Waals surface area contributed by atoms with Crippen molar-refractivity contribution < 1.29 is 9.32 Å². The molecule has 2 aliphatic heterocycles. The van der Waals surface area contributed by atoms with Crippen LogP contribution in [0.5, 0.6) is 0 Å². The molecule has 1 aromatic heterocycles. The zero-order chi connectivity index (χ0) is 19.1. The minimum atomic E-state index is -0.0566. The molecule has 4 aliphatic rings. The van der Waals surface area contributed by atoms with E-state index >= 15 is 0 Å². The summed E-state index contributed by atoms with van der Waals surface area (Å²) in [6, 6.07) is 4.14. The zero-order valence-electron chi connectivity index (χ0n) is 17.0. The van der Waals surface area contributed by atoms with Gasteiger partial charge in [0.1, 0.15) is 5.76 Å². The first kappa shape index (κ1) is 18.6. The molecule has 2 N–H and O–H groups in total. The first-order valence-electron chi connectivity index (χ1n) is 11.4. The Bertz CT molecular complexity index is 678. The average molecular weight is 387 g/mol. The molecule has 1 unspecified atom stereocenters. The van der Waals surface area contributed by atoms with Gasteiger partial charge in [0.05, 0.1) is 0 Å². The van der Waals surface area contributed by atoms with E-state index in [4.69, 9.17) is 4.52 Å². The molecular weight excluding hydrogens is 352 g/mol. The summed E-state index contributed by atoms with van der Waals surface area (Å²) in [6.07, 6.45) is 12.4. The SMILES string of the molecule is CNC1CCC(CN2[C@@H]3CC[C@H]2CC(NC(=O)c2cc(C4CC4)on2)C3)CC1. The minimum Gasteiger partial charge on any atom is -0.360 e. The molecule has 3 heterocycles. The Hall–Kier alpha value is -1.40. The lowest BCUT2D eigenvalue weighted by molar-refractivity contribution is 0.0745. The van der Waals surface area contributed by atoms with Crippen molar-refractivity contribution in [2.45, 2.75) is 94.3 Å². The van der Waals surface area contributed by atoms with E-state index in [1.807, 2.05) is 6.07 Å². The quantitative estimate of drug-likeness (QED) is 0.786. The number of nitrogens with zero attached hydrogens (tertiary/aromatic N) is 2. The molecule has 2 saturated carbocycles. The number of hydrogen-bond donors (Lipinski definition) is 2. The van der Waals surface area contributed by atoms with Gasteiger partial charge in [-0.25, -0.2) is 0 Å². The Labute approximate surface area is 167 Å². The number of nitrogens with one attached hydrogen (secondary N) is 2. The molecule has 6 heteroatoms. The maximum Gasteiger partial charge on any atom is 0.273 e. The van der Waals surface area contributed by atoms with Crippen molar-refractivity contribution in [3.63, 3.8) is 0 Å². The van der Waals surface area contributed by atoms with Gasteiger partial charge < -0.3 is 15.2 Å². The van der Waals surface area contributed by atoms with E-state index in [-0.39, 0.29) is 11.9 Å². The summed E-state index contributed by atoms with van der Waals surface area (Å²) in [7, 11) is 2.09. The lowest BCUT2D eigenvalue weighted by Gasteiger charge is -2.42. The third kappa shape index (κ3) is 3.86. The van der Waals surface area contributed by atoms with Gasteiger partial charge in [0.25, 0.3) is 5.91 Å². The van der Waals surface area contributed by atoms with E-state index in [2.05, 4.69) is 27.7 Å². The largest absolute Gasteiger partial charge is 0.360 e. The zero-order valence-corrected chi connectivity index (χ0v) is 17.0. The molecule has 4 fully saturated rings. The second kappa shape index (κ2) is 7.79. The summed E-state index contributed by atoms with van der Waals surface area (Å²) < 4.78 is 5.35. The van der Waals surface area contributed by atoms with Crippen molar-refractivity contribution in [2.75, 3.05) is 13.6 Å². The Morgan fingerprint density at radius 2 is 1.79 bits per heavy atom. The van der Waals surface area contributed by atoms with Gasteiger partial charge in [-0.15, -0.1) is 0 Å². The first-order valence-corrected chi connectivity index (χ1v) is 11.4.